The van der Waals surface area contributed by atoms with Gasteiger partial charge in [-0.2, -0.15) is 0 Å². The summed E-state index contributed by atoms with van der Waals surface area (Å²) in [5.41, 5.74) is 1.97. The van der Waals surface area contributed by atoms with Crippen LogP contribution in [-0.2, 0) is 16.8 Å². The summed E-state index contributed by atoms with van der Waals surface area (Å²) < 4.78 is 0. The van der Waals surface area contributed by atoms with E-state index in [0.717, 1.165) is 5.56 Å². The number of benzene rings is 1. The highest BCUT2D eigenvalue weighted by atomic mass is 16.4. The quantitative estimate of drug-likeness (QED) is 0.730. The van der Waals surface area contributed by atoms with E-state index in [1.165, 1.54) is 5.56 Å². The molecule has 1 aliphatic rings. The van der Waals surface area contributed by atoms with E-state index in [0.29, 0.717) is 6.54 Å². The Kier molecular flexibility index (Phi) is 2.27. The number of carboxylic acids is 1. The van der Waals surface area contributed by atoms with Crippen LogP contribution in [0, 0.1) is 0 Å². The summed E-state index contributed by atoms with van der Waals surface area (Å²) in [6.45, 7) is 4.57. The first-order valence-corrected chi connectivity index (χ1v) is 5.08. The van der Waals surface area contributed by atoms with Crippen molar-refractivity contribution in [3.05, 3.63) is 35.4 Å². The fourth-order valence-corrected chi connectivity index (χ4v) is 2.32. The van der Waals surface area contributed by atoms with E-state index in [2.05, 4.69) is 5.32 Å². The van der Waals surface area contributed by atoms with E-state index in [1.54, 1.807) is 0 Å². The number of rotatable bonds is 1. The van der Waals surface area contributed by atoms with Crippen LogP contribution in [0.3, 0.4) is 0 Å². The fourth-order valence-electron chi connectivity index (χ4n) is 2.32. The Balaban J connectivity index is 2.49. The van der Waals surface area contributed by atoms with E-state index < -0.39 is 12.0 Å². The molecule has 0 radical (unpaired) electrons. The summed E-state index contributed by atoms with van der Waals surface area (Å²) in [7, 11) is 0. The molecular weight excluding hydrogens is 190 g/mol. The number of nitrogens with one attached hydrogen (secondary N) is 1. The van der Waals surface area contributed by atoms with Crippen molar-refractivity contribution in [3.8, 4) is 0 Å². The number of hydrogen-bond donors (Lipinski definition) is 2. The summed E-state index contributed by atoms with van der Waals surface area (Å²) in [4.78, 5) is 11.1. The van der Waals surface area contributed by atoms with Crippen LogP contribution in [0.15, 0.2) is 24.3 Å². The minimum Gasteiger partial charge on any atom is -0.480 e. The van der Waals surface area contributed by atoms with Crippen molar-refractivity contribution < 1.29 is 9.90 Å². The summed E-state index contributed by atoms with van der Waals surface area (Å²) in [6, 6.07) is 7.50. The molecule has 1 aromatic rings. The third kappa shape index (κ3) is 1.53. The molecule has 80 valence electrons. The second kappa shape index (κ2) is 3.35. The zero-order valence-corrected chi connectivity index (χ0v) is 8.95. The second-order valence-corrected chi connectivity index (χ2v) is 4.53. The number of carbonyl (C=O) groups is 1. The van der Waals surface area contributed by atoms with Crippen LogP contribution in [0.25, 0.3) is 0 Å². The van der Waals surface area contributed by atoms with Gasteiger partial charge in [-0.1, -0.05) is 38.1 Å². The lowest BCUT2D eigenvalue weighted by Crippen LogP contribution is -2.53. The van der Waals surface area contributed by atoms with Gasteiger partial charge in [0.15, 0.2) is 0 Å². The van der Waals surface area contributed by atoms with Gasteiger partial charge in [0, 0.05) is 12.0 Å². The molecule has 0 aliphatic carbocycles. The lowest BCUT2D eigenvalue weighted by atomic mass is 9.73. The van der Waals surface area contributed by atoms with Gasteiger partial charge in [-0.25, -0.2) is 0 Å². The van der Waals surface area contributed by atoms with Gasteiger partial charge in [-0.05, 0) is 11.1 Å². The van der Waals surface area contributed by atoms with Crippen molar-refractivity contribution in [2.75, 3.05) is 0 Å². The summed E-state index contributed by atoms with van der Waals surface area (Å²) in [5.74, 6) is -0.783. The first kappa shape index (κ1) is 10.2. The maximum atomic E-state index is 11.1. The van der Waals surface area contributed by atoms with Crippen molar-refractivity contribution in [1.29, 1.82) is 0 Å². The van der Waals surface area contributed by atoms with Gasteiger partial charge < -0.3 is 5.11 Å². The molecule has 0 fully saturated rings. The first-order valence-electron chi connectivity index (χ1n) is 5.08. The highest BCUT2D eigenvalue weighted by Gasteiger charge is 2.40. The van der Waals surface area contributed by atoms with Gasteiger partial charge in [0.1, 0.15) is 6.04 Å². The number of carboxylic acid groups (broad SMARTS) is 1. The monoisotopic (exact) mass is 205 g/mol. The molecule has 2 rings (SSSR count). The topological polar surface area (TPSA) is 49.3 Å². The molecule has 1 unspecified atom stereocenters. The average Bonchev–Trinajstić information content (AvgIpc) is 2.17. The molecule has 2 N–H and O–H groups in total. The Bertz CT molecular complexity index is 398. The van der Waals surface area contributed by atoms with Crippen molar-refractivity contribution in [3.63, 3.8) is 0 Å². The molecule has 1 heterocycles. The van der Waals surface area contributed by atoms with Crippen LogP contribution in [0.4, 0.5) is 0 Å². The van der Waals surface area contributed by atoms with E-state index >= 15 is 0 Å². The third-order valence-corrected chi connectivity index (χ3v) is 3.18. The van der Waals surface area contributed by atoms with E-state index in [9.17, 15) is 4.79 Å². The lowest BCUT2D eigenvalue weighted by molar-refractivity contribution is -0.141. The Morgan fingerprint density at radius 3 is 2.80 bits per heavy atom. The standard InChI is InChI=1S/C12H15NO2/c1-12(2)9-6-4-3-5-8(9)7-13-10(12)11(14)15/h3-6,10,13H,7H2,1-2H3,(H,14,15). The van der Waals surface area contributed by atoms with E-state index in [4.69, 9.17) is 5.11 Å². The molecule has 0 amide bonds. The summed E-state index contributed by atoms with van der Waals surface area (Å²) in [6.07, 6.45) is 0. The van der Waals surface area contributed by atoms with E-state index in [-0.39, 0.29) is 5.41 Å². The molecule has 1 atom stereocenters. The number of aliphatic carboxylic acids is 1. The van der Waals surface area contributed by atoms with Crippen molar-refractivity contribution >= 4 is 5.97 Å². The maximum Gasteiger partial charge on any atom is 0.321 e. The Morgan fingerprint density at radius 1 is 1.47 bits per heavy atom. The molecule has 3 nitrogen and oxygen atoms in total. The Hall–Kier alpha value is -1.35. The van der Waals surface area contributed by atoms with Gasteiger partial charge in [-0.3, -0.25) is 10.1 Å². The molecule has 0 spiro atoms. The fraction of sp³-hybridized carbons (Fsp3) is 0.417. The predicted octanol–water partition coefficient (Wildman–Crippen LogP) is 1.52. The molecular formula is C12H15NO2. The molecule has 0 bridgehead atoms. The molecule has 1 aromatic carbocycles. The number of fused-ring (bicyclic) bond motifs is 1. The summed E-state index contributed by atoms with van der Waals surface area (Å²) in [5, 5.41) is 12.2. The van der Waals surface area contributed by atoms with Gasteiger partial charge in [0.05, 0.1) is 0 Å². The normalized spacial score (nSPS) is 23.2. The van der Waals surface area contributed by atoms with Crippen LogP contribution in [0.1, 0.15) is 25.0 Å². The van der Waals surface area contributed by atoms with Crippen LogP contribution >= 0.6 is 0 Å². The van der Waals surface area contributed by atoms with Gasteiger partial charge in [0.25, 0.3) is 0 Å². The Morgan fingerprint density at radius 2 is 2.13 bits per heavy atom. The largest absolute Gasteiger partial charge is 0.480 e. The van der Waals surface area contributed by atoms with Crippen LogP contribution in [0.2, 0.25) is 0 Å². The molecule has 1 aliphatic heterocycles. The van der Waals surface area contributed by atoms with Crippen molar-refractivity contribution in [2.45, 2.75) is 31.8 Å². The van der Waals surface area contributed by atoms with Crippen LogP contribution in [0.5, 0.6) is 0 Å². The predicted molar refractivity (Wildman–Crippen MR) is 57.7 cm³/mol. The van der Waals surface area contributed by atoms with Gasteiger partial charge >= 0.3 is 5.97 Å². The highest BCUT2D eigenvalue weighted by molar-refractivity contribution is 5.76. The zero-order valence-electron chi connectivity index (χ0n) is 8.95. The first-order chi connectivity index (χ1) is 7.03. The Labute approximate surface area is 89.1 Å². The SMILES string of the molecule is CC1(C)c2ccccc2CNC1C(=O)O. The van der Waals surface area contributed by atoms with Crippen LogP contribution in [-0.4, -0.2) is 17.1 Å². The van der Waals surface area contributed by atoms with Gasteiger partial charge in [0.2, 0.25) is 0 Å². The van der Waals surface area contributed by atoms with Crippen LogP contribution < -0.4 is 5.32 Å². The third-order valence-electron chi connectivity index (χ3n) is 3.18. The smallest absolute Gasteiger partial charge is 0.321 e. The molecule has 3 heteroatoms. The van der Waals surface area contributed by atoms with Crippen molar-refractivity contribution in [1.82, 2.24) is 5.32 Å². The number of hydrogen-bond acceptors (Lipinski definition) is 2. The molecule has 0 aromatic heterocycles. The van der Waals surface area contributed by atoms with E-state index in [1.807, 2.05) is 38.1 Å². The zero-order chi connectivity index (χ0) is 11.1. The average molecular weight is 205 g/mol. The lowest BCUT2D eigenvalue weighted by Gasteiger charge is -2.38. The second-order valence-electron chi connectivity index (χ2n) is 4.53. The molecule has 0 saturated carbocycles. The summed E-state index contributed by atoms with van der Waals surface area (Å²) >= 11 is 0. The molecule has 0 saturated heterocycles. The van der Waals surface area contributed by atoms with Gasteiger partial charge in [-0.15, -0.1) is 0 Å². The maximum absolute atomic E-state index is 11.1. The highest BCUT2D eigenvalue weighted by Crippen LogP contribution is 2.33. The van der Waals surface area contributed by atoms with Crippen molar-refractivity contribution in [2.24, 2.45) is 0 Å². The minimum absolute atomic E-state index is 0.360. The minimum atomic E-state index is -0.783. The molecule has 15 heavy (non-hydrogen) atoms.